The Hall–Kier alpha value is -1.48. The summed E-state index contributed by atoms with van der Waals surface area (Å²) in [5.74, 6) is 0.549. The number of carbonyl (C=O) groups is 1. The van der Waals surface area contributed by atoms with Gasteiger partial charge in [-0.2, -0.15) is 0 Å². The van der Waals surface area contributed by atoms with Crippen LogP contribution in [0, 0.1) is 12.8 Å². The average Bonchev–Trinajstić information content (AvgIpc) is 2.66. The molecule has 0 aliphatic carbocycles. The predicted octanol–water partition coefficient (Wildman–Crippen LogP) is 1.38. The van der Waals surface area contributed by atoms with Gasteiger partial charge in [0.2, 0.25) is 10.0 Å². The molecule has 8 heteroatoms. The molecule has 1 amide bonds. The molecule has 0 unspecified atom stereocenters. The third-order valence-electron chi connectivity index (χ3n) is 5.05. The summed E-state index contributed by atoms with van der Waals surface area (Å²) in [5, 5.41) is 3.17. The van der Waals surface area contributed by atoms with Crippen molar-refractivity contribution in [1.82, 2.24) is 14.9 Å². The number of likely N-dealkylation sites (tertiary alicyclic amines) is 1. The summed E-state index contributed by atoms with van der Waals surface area (Å²) in [6.45, 7) is 4.75. The second kappa shape index (κ2) is 10.2. The fraction of sp³-hybridized carbons (Fsp3) is 0.632. The quantitative estimate of drug-likeness (QED) is 0.615. The molecule has 0 atom stereocenters. The molecule has 7 nitrogen and oxygen atoms in total. The van der Waals surface area contributed by atoms with Gasteiger partial charge in [0.1, 0.15) is 0 Å². The molecule has 1 fully saturated rings. The van der Waals surface area contributed by atoms with Gasteiger partial charge in [0.15, 0.2) is 0 Å². The monoisotopic (exact) mass is 397 g/mol. The van der Waals surface area contributed by atoms with Gasteiger partial charge in [-0.3, -0.25) is 4.79 Å². The largest absolute Gasteiger partial charge is 0.383 e. The van der Waals surface area contributed by atoms with Gasteiger partial charge in [0, 0.05) is 32.3 Å². The molecular weight excluding hydrogens is 366 g/mol. The maximum Gasteiger partial charge on any atom is 0.254 e. The molecule has 1 aliphatic rings. The number of hydrogen-bond acceptors (Lipinski definition) is 5. The number of benzene rings is 1. The molecule has 0 spiro atoms. The van der Waals surface area contributed by atoms with E-state index in [9.17, 15) is 13.2 Å². The summed E-state index contributed by atoms with van der Waals surface area (Å²) in [4.78, 5) is 14.9. The topological polar surface area (TPSA) is 87.7 Å². The molecule has 0 saturated carbocycles. The van der Waals surface area contributed by atoms with E-state index in [2.05, 4.69) is 10.0 Å². The third-order valence-corrected chi connectivity index (χ3v) is 6.51. The Bertz CT molecular complexity index is 728. The van der Waals surface area contributed by atoms with Crippen LogP contribution in [0.25, 0.3) is 0 Å². The number of methoxy groups -OCH3 is 1. The van der Waals surface area contributed by atoms with Crippen molar-refractivity contribution in [3.63, 3.8) is 0 Å². The number of amides is 1. The molecule has 1 saturated heterocycles. The van der Waals surface area contributed by atoms with Gasteiger partial charge in [0.25, 0.3) is 5.91 Å². The van der Waals surface area contributed by atoms with E-state index in [0.717, 1.165) is 44.5 Å². The van der Waals surface area contributed by atoms with Crippen LogP contribution in [0.1, 0.15) is 35.2 Å². The Labute approximate surface area is 162 Å². The number of rotatable bonds is 9. The van der Waals surface area contributed by atoms with Crippen molar-refractivity contribution in [2.24, 2.45) is 5.92 Å². The molecule has 152 valence electrons. The van der Waals surface area contributed by atoms with E-state index in [1.54, 1.807) is 6.07 Å². The molecule has 0 bridgehead atoms. The first kappa shape index (κ1) is 21.8. The normalized spacial score (nSPS) is 15.9. The lowest BCUT2D eigenvalue weighted by atomic mass is 9.93. The van der Waals surface area contributed by atoms with E-state index in [-0.39, 0.29) is 17.3 Å². The van der Waals surface area contributed by atoms with Crippen molar-refractivity contribution >= 4 is 15.9 Å². The third kappa shape index (κ3) is 6.00. The minimum absolute atomic E-state index is 0.0893. The summed E-state index contributed by atoms with van der Waals surface area (Å²) in [6.07, 6.45) is 3.10. The number of piperidine rings is 1. The Balaban J connectivity index is 2.08. The highest BCUT2D eigenvalue weighted by Crippen LogP contribution is 2.23. The van der Waals surface area contributed by atoms with Crippen LogP contribution in [0.15, 0.2) is 23.1 Å². The Kier molecular flexibility index (Phi) is 8.22. The van der Waals surface area contributed by atoms with Crippen LogP contribution in [-0.4, -0.2) is 66.2 Å². The van der Waals surface area contributed by atoms with Crippen molar-refractivity contribution < 1.29 is 17.9 Å². The number of nitrogens with one attached hydrogen (secondary N) is 2. The van der Waals surface area contributed by atoms with Crippen LogP contribution in [0.4, 0.5) is 0 Å². The Morgan fingerprint density at radius 2 is 1.96 bits per heavy atom. The fourth-order valence-corrected chi connectivity index (χ4v) is 4.34. The van der Waals surface area contributed by atoms with E-state index < -0.39 is 10.0 Å². The highest BCUT2D eigenvalue weighted by Gasteiger charge is 2.25. The van der Waals surface area contributed by atoms with Gasteiger partial charge < -0.3 is 15.0 Å². The zero-order chi connectivity index (χ0) is 19.9. The Morgan fingerprint density at radius 1 is 1.26 bits per heavy atom. The summed E-state index contributed by atoms with van der Waals surface area (Å²) in [7, 11) is -0.199. The molecule has 1 aromatic carbocycles. The standard InChI is InChI=1S/C19H31N3O4S/c1-15-4-5-17(27(24,25)21-10-13-26-3)14-18(15)19(23)22-11-7-16(8-12-22)6-9-20-2/h4-5,14,16,20-21H,6-13H2,1-3H3. The van der Waals surface area contributed by atoms with E-state index in [1.165, 1.54) is 19.2 Å². The maximum absolute atomic E-state index is 13.0. The highest BCUT2D eigenvalue weighted by atomic mass is 32.2. The first-order chi connectivity index (χ1) is 12.9. The first-order valence-electron chi connectivity index (χ1n) is 9.42. The molecule has 27 heavy (non-hydrogen) atoms. The van der Waals surface area contributed by atoms with Gasteiger partial charge in [-0.15, -0.1) is 0 Å². The number of nitrogens with zero attached hydrogens (tertiary/aromatic N) is 1. The lowest BCUT2D eigenvalue weighted by Gasteiger charge is -2.32. The molecule has 0 aromatic heterocycles. The van der Waals surface area contributed by atoms with Crippen LogP contribution in [0.2, 0.25) is 0 Å². The van der Waals surface area contributed by atoms with Crippen molar-refractivity contribution in [3.8, 4) is 0 Å². The summed E-state index contributed by atoms with van der Waals surface area (Å²) in [6, 6.07) is 4.71. The SMILES string of the molecule is CNCCC1CCN(C(=O)c2cc(S(=O)(=O)NCCOC)ccc2C)CC1. The van der Waals surface area contributed by atoms with Crippen LogP contribution >= 0.6 is 0 Å². The van der Waals surface area contributed by atoms with E-state index in [0.29, 0.717) is 18.1 Å². The number of hydrogen-bond donors (Lipinski definition) is 2. The summed E-state index contributed by atoms with van der Waals surface area (Å²) in [5.41, 5.74) is 1.24. The fourth-order valence-electron chi connectivity index (χ4n) is 3.30. The first-order valence-corrected chi connectivity index (χ1v) is 10.9. The molecule has 2 N–H and O–H groups in total. The molecule has 1 aliphatic heterocycles. The van der Waals surface area contributed by atoms with Crippen LogP contribution in [0.5, 0.6) is 0 Å². The average molecular weight is 398 g/mol. The van der Waals surface area contributed by atoms with Crippen molar-refractivity contribution in [1.29, 1.82) is 0 Å². The molecule has 1 aromatic rings. The van der Waals surface area contributed by atoms with Crippen molar-refractivity contribution in [2.45, 2.75) is 31.1 Å². The minimum Gasteiger partial charge on any atom is -0.383 e. The maximum atomic E-state index is 13.0. The molecule has 1 heterocycles. The van der Waals surface area contributed by atoms with Gasteiger partial charge in [-0.05, 0) is 63.4 Å². The van der Waals surface area contributed by atoms with Gasteiger partial charge in [-0.1, -0.05) is 6.07 Å². The van der Waals surface area contributed by atoms with Gasteiger partial charge >= 0.3 is 0 Å². The van der Waals surface area contributed by atoms with Crippen LogP contribution in [0.3, 0.4) is 0 Å². The number of sulfonamides is 1. The minimum atomic E-state index is -3.66. The van der Waals surface area contributed by atoms with Gasteiger partial charge in [-0.25, -0.2) is 13.1 Å². The summed E-state index contributed by atoms with van der Waals surface area (Å²) < 4.78 is 32.2. The molecule has 2 rings (SSSR count). The molecule has 0 radical (unpaired) electrons. The van der Waals surface area contributed by atoms with E-state index >= 15 is 0 Å². The lowest BCUT2D eigenvalue weighted by Crippen LogP contribution is -2.39. The number of carbonyl (C=O) groups excluding carboxylic acids is 1. The Morgan fingerprint density at radius 3 is 2.59 bits per heavy atom. The zero-order valence-corrected chi connectivity index (χ0v) is 17.3. The van der Waals surface area contributed by atoms with Crippen molar-refractivity contribution in [3.05, 3.63) is 29.3 Å². The molecular formula is C19H31N3O4S. The second-order valence-electron chi connectivity index (χ2n) is 7.00. The van der Waals surface area contributed by atoms with E-state index in [1.807, 2.05) is 18.9 Å². The lowest BCUT2D eigenvalue weighted by molar-refractivity contribution is 0.0686. The van der Waals surface area contributed by atoms with Crippen LogP contribution < -0.4 is 10.0 Å². The summed E-state index contributed by atoms with van der Waals surface area (Å²) >= 11 is 0. The van der Waals surface area contributed by atoms with Crippen LogP contribution in [-0.2, 0) is 14.8 Å². The smallest absolute Gasteiger partial charge is 0.254 e. The number of ether oxygens (including phenoxy) is 1. The number of aryl methyl sites for hydroxylation is 1. The van der Waals surface area contributed by atoms with Crippen molar-refractivity contribution in [2.75, 3.05) is 46.9 Å². The van der Waals surface area contributed by atoms with E-state index in [4.69, 9.17) is 4.74 Å². The zero-order valence-electron chi connectivity index (χ0n) is 16.5. The predicted molar refractivity (Wildman–Crippen MR) is 105 cm³/mol. The second-order valence-corrected chi connectivity index (χ2v) is 8.76. The van der Waals surface area contributed by atoms with Gasteiger partial charge in [0.05, 0.1) is 11.5 Å². The highest BCUT2D eigenvalue weighted by molar-refractivity contribution is 7.89.